The topological polar surface area (TPSA) is 52.8 Å². The Bertz CT molecular complexity index is 778. The summed E-state index contributed by atoms with van der Waals surface area (Å²) in [6.07, 6.45) is 6.00. The number of aromatic nitrogens is 2. The average molecular weight is 296 g/mol. The molecule has 2 heterocycles. The Morgan fingerprint density at radius 1 is 1.23 bits per heavy atom. The highest BCUT2D eigenvalue weighted by Crippen LogP contribution is 2.15. The second-order valence-corrected chi connectivity index (χ2v) is 4.92. The number of pyridine rings is 1. The van der Waals surface area contributed by atoms with Crippen molar-refractivity contribution in [3.63, 3.8) is 0 Å². The number of carbonyl (C=O) groups is 1. The highest BCUT2D eigenvalue weighted by molar-refractivity contribution is 5.92. The first-order valence-corrected chi connectivity index (χ1v) is 6.98. The smallest absolute Gasteiger partial charge is 0.343 e. The Hall–Kier alpha value is -2.66. The molecule has 0 amide bonds. The van der Waals surface area contributed by atoms with E-state index in [1.807, 2.05) is 16.5 Å². The van der Waals surface area contributed by atoms with Crippen molar-refractivity contribution in [3.8, 4) is 5.75 Å². The van der Waals surface area contributed by atoms with Crippen molar-refractivity contribution in [3.05, 3.63) is 66.2 Å². The van der Waals surface area contributed by atoms with Crippen LogP contribution in [0.15, 0.2) is 55.1 Å². The molecule has 22 heavy (non-hydrogen) atoms. The van der Waals surface area contributed by atoms with Crippen LogP contribution in [-0.4, -0.2) is 29.1 Å². The Morgan fingerprint density at radius 3 is 2.82 bits per heavy atom. The molecule has 0 spiro atoms. The van der Waals surface area contributed by atoms with Crippen LogP contribution in [0.2, 0.25) is 0 Å². The lowest BCUT2D eigenvalue weighted by Gasteiger charge is -2.06. The fourth-order valence-electron chi connectivity index (χ4n) is 2.16. The monoisotopic (exact) mass is 296 g/mol. The highest BCUT2D eigenvalue weighted by Gasteiger charge is 2.09. The number of benzene rings is 1. The van der Waals surface area contributed by atoms with Gasteiger partial charge in [0.1, 0.15) is 5.75 Å². The van der Waals surface area contributed by atoms with Crippen LogP contribution in [0.1, 0.15) is 15.9 Å². The van der Waals surface area contributed by atoms with Crippen molar-refractivity contribution in [1.29, 1.82) is 0 Å². The Balaban J connectivity index is 1.70. The van der Waals surface area contributed by atoms with Gasteiger partial charge in [0.2, 0.25) is 0 Å². The number of hydrogen-bond donors (Lipinski definition) is 0. The molecule has 0 aliphatic carbocycles. The number of carbonyl (C=O) groups excluding carboxylic acids is 1. The molecule has 0 bridgehead atoms. The number of ether oxygens (including phenoxy) is 2. The van der Waals surface area contributed by atoms with Gasteiger partial charge in [-0.15, -0.1) is 0 Å². The van der Waals surface area contributed by atoms with Crippen molar-refractivity contribution < 1.29 is 14.3 Å². The zero-order valence-electron chi connectivity index (χ0n) is 12.2. The van der Waals surface area contributed by atoms with E-state index in [9.17, 15) is 4.79 Å². The van der Waals surface area contributed by atoms with Gasteiger partial charge >= 0.3 is 5.97 Å². The number of hydrogen-bond acceptors (Lipinski definition) is 4. The van der Waals surface area contributed by atoms with Crippen molar-refractivity contribution in [2.24, 2.45) is 0 Å². The molecule has 0 aliphatic heterocycles. The Labute approximate surface area is 128 Å². The van der Waals surface area contributed by atoms with Gasteiger partial charge in [-0.25, -0.2) is 9.78 Å². The molecule has 0 fully saturated rings. The van der Waals surface area contributed by atoms with Gasteiger partial charge in [0, 0.05) is 13.3 Å². The molecular weight excluding hydrogens is 280 g/mol. The van der Waals surface area contributed by atoms with E-state index >= 15 is 0 Å². The van der Waals surface area contributed by atoms with Crippen LogP contribution in [-0.2, 0) is 11.2 Å². The summed E-state index contributed by atoms with van der Waals surface area (Å²) in [5, 5.41) is 0. The summed E-state index contributed by atoms with van der Waals surface area (Å²) >= 11 is 0. The van der Waals surface area contributed by atoms with E-state index in [0.29, 0.717) is 17.9 Å². The van der Waals surface area contributed by atoms with Gasteiger partial charge < -0.3 is 13.9 Å². The number of rotatable bonds is 5. The molecule has 5 nitrogen and oxygen atoms in total. The average Bonchev–Trinajstić information content (AvgIpc) is 3.01. The molecule has 112 valence electrons. The zero-order valence-corrected chi connectivity index (χ0v) is 12.2. The minimum atomic E-state index is -0.381. The minimum absolute atomic E-state index is 0.381. The third-order valence-corrected chi connectivity index (χ3v) is 3.38. The molecule has 0 unspecified atom stereocenters. The molecule has 0 atom stereocenters. The Kier molecular flexibility index (Phi) is 4.16. The number of imidazole rings is 1. The number of methoxy groups -OCH3 is 1. The standard InChI is InChI=1S/C17H16N2O3/c1-21-9-7-13-2-4-16(5-3-13)22-17(20)14-6-8-19-12-18-11-15(19)10-14/h2-6,8,10-12H,7,9H2,1H3. The van der Waals surface area contributed by atoms with Crippen LogP contribution in [0.5, 0.6) is 5.75 Å². The minimum Gasteiger partial charge on any atom is -0.423 e. The van der Waals surface area contributed by atoms with Gasteiger partial charge in [-0.2, -0.15) is 0 Å². The lowest BCUT2D eigenvalue weighted by Crippen LogP contribution is -2.08. The predicted molar refractivity (Wildman–Crippen MR) is 82.2 cm³/mol. The van der Waals surface area contributed by atoms with Crippen molar-refractivity contribution in [1.82, 2.24) is 9.38 Å². The van der Waals surface area contributed by atoms with Crippen LogP contribution in [0.25, 0.3) is 5.52 Å². The molecule has 3 aromatic rings. The summed E-state index contributed by atoms with van der Waals surface area (Å²) in [5.74, 6) is 0.146. The first kappa shape index (κ1) is 14.3. The molecule has 3 rings (SSSR count). The van der Waals surface area contributed by atoms with E-state index in [4.69, 9.17) is 9.47 Å². The summed E-state index contributed by atoms with van der Waals surface area (Å²) in [4.78, 5) is 16.2. The van der Waals surface area contributed by atoms with Gasteiger partial charge in [-0.1, -0.05) is 12.1 Å². The molecular formula is C17H16N2O3. The van der Waals surface area contributed by atoms with Crippen LogP contribution in [0.3, 0.4) is 0 Å². The Morgan fingerprint density at radius 2 is 2.05 bits per heavy atom. The molecule has 0 aliphatic rings. The predicted octanol–water partition coefficient (Wildman–Crippen LogP) is 2.74. The van der Waals surface area contributed by atoms with E-state index in [1.54, 1.807) is 50.1 Å². The first-order chi connectivity index (χ1) is 10.8. The fourth-order valence-corrected chi connectivity index (χ4v) is 2.16. The third kappa shape index (κ3) is 3.15. The van der Waals surface area contributed by atoms with E-state index in [0.717, 1.165) is 17.5 Å². The van der Waals surface area contributed by atoms with Gasteiger partial charge in [0.05, 0.1) is 30.2 Å². The maximum Gasteiger partial charge on any atom is 0.343 e. The number of nitrogens with zero attached hydrogens (tertiary/aromatic N) is 2. The first-order valence-electron chi connectivity index (χ1n) is 6.98. The third-order valence-electron chi connectivity index (χ3n) is 3.38. The van der Waals surface area contributed by atoms with Crippen molar-refractivity contribution >= 4 is 11.5 Å². The van der Waals surface area contributed by atoms with Gasteiger partial charge in [-0.05, 0) is 36.2 Å². The summed E-state index contributed by atoms with van der Waals surface area (Å²) in [6.45, 7) is 0.671. The maximum atomic E-state index is 12.2. The molecule has 2 aromatic heterocycles. The maximum absolute atomic E-state index is 12.2. The lowest BCUT2D eigenvalue weighted by molar-refractivity contribution is 0.0734. The van der Waals surface area contributed by atoms with Crippen LogP contribution < -0.4 is 4.74 Å². The number of esters is 1. The van der Waals surface area contributed by atoms with E-state index in [1.165, 1.54) is 0 Å². The van der Waals surface area contributed by atoms with E-state index < -0.39 is 0 Å². The summed E-state index contributed by atoms with van der Waals surface area (Å²) < 4.78 is 12.3. The van der Waals surface area contributed by atoms with Gasteiger partial charge in [-0.3, -0.25) is 0 Å². The zero-order chi connectivity index (χ0) is 15.4. The van der Waals surface area contributed by atoms with Crippen molar-refractivity contribution in [2.45, 2.75) is 6.42 Å². The molecule has 0 N–H and O–H groups in total. The van der Waals surface area contributed by atoms with Gasteiger partial charge in [0.15, 0.2) is 0 Å². The highest BCUT2D eigenvalue weighted by atomic mass is 16.5. The fraction of sp³-hybridized carbons (Fsp3) is 0.176. The van der Waals surface area contributed by atoms with E-state index in [-0.39, 0.29) is 5.97 Å². The van der Waals surface area contributed by atoms with E-state index in [2.05, 4.69) is 4.98 Å². The SMILES string of the molecule is COCCc1ccc(OC(=O)c2ccn3cncc3c2)cc1. The quantitative estimate of drug-likeness (QED) is 0.536. The van der Waals surface area contributed by atoms with Crippen LogP contribution >= 0.6 is 0 Å². The molecule has 0 saturated carbocycles. The summed E-state index contributed by atoms with van der Waals surface area (Å²) in [5.41, 5.74) is 2.49. The molecule has 0 radical (unpaired) electrons. The van der Waals surface area contributed by atoms with Crippen LogP contribution in [0.4, 0.5) is 0 Å². The molecule has 0 saturated heterocycles. The van der Waals surface area contributed by atoms with Crippen molar-refractivity contribution in [2.75, 3.05) is 13.7 Å². The van der Waals surface area contributed by atoms with Gasteiger partial charge in [0.25, 0.3) is 0 Å². The lowest BCUT2D eigenvalue weighted by atomic mass is 10.1. The van der Waals surface area contributed by atoms with Crippen LogP contribution in [0, 0.1) is 0 Å². The number of fused-ring (bicyclic) bond motifs is 1. The normalized spacial score (nSPS) is 10.8. The second-order valence-electron chi connectivity index (χ2n) is 4.92. The summed E-state index contributed by atoms with van der Waals surface area (Å²) in [7, 11) is 1.67. The molecule has 5 heteroatoms. The largest absolute Gasteiger partial charge is 0.423 e. The second kappa shape index (κ2) is 6.41. The summed E-state index contributed by atoms with van der Waals surface area (Å²) in [6, 6.07) is 10.9. The molecule has 1 aromatic carbocycles.